The third-order valence-electron chi connectivity index (χ3n) is 9.27. The summed E-state index contributed by atoms with van der Waals surface area (Å²) in [6.45, 7) is 18.4. The van der Waals surface area contributed by atoms with E-state index >= 15 is 0 Å². The standard InChI is InChI=1S/C42H56N2O2/c1-29-21-33(39(45)35(23-29)41(3,4)5)27-43(9)37(25-31-17-13-11-14-18-31)38(26-32-19-15-12-16-20-32)44(10)28-34-22-30(2)24-36(40(34)46)42(6,7)8/h11-24,37-38,45-46H,25-28H2,1-10H3/t37-,38-/m1/s1. The van der Waals surface area contributed by atoms with Crippen molar-refractivity contribution >= 4 is 0 Å². The highest BCUT2D eigenvalue weighted by molar-refractivity contribution is 5.48. The van der Waals surface area contributed by atoms with Crippen LogP contribution in [0.4, 0.5) is 0 Å². The minimum absolute atomic E-state index is 0.111. The fraction of sp³-hybridized carbons (Fsp3) is 0.429. The molecule has 4 aromatic rings. The van der Waals surface area contributed by atoms with E-state index in [4.69, 9.17) is 0 Å². The number of phenols is 2. The van der Waals surface area contributed by atoms with Crippen LogP contribution in [-0.2, 0) is 36.8 Å². The number of rotatable bonds is 11. The molecule has 0 unspecified atom stereocenters. The number of benzene rings is 4. The first-order chi connectivity index (χ1) is 21.5. The fourth-order valence-corrected chi connectivity index (χ4v) is 6.75. The lowest BCUT2D eigenvalue weighted by Gasteiger charge is -2.41. The molecule has 4 aromatic carbocycles. The van der Waals surface area contributed by atoms with Crippen LogP contribution in [-0.4, -0.2) is 46.2 Å². The predicted molar refractivity (Wildman–Crippen MR) is 194 cm³/mol. The summed E-state index contributed by atoms with van der Waals surface area (Å²) in [5.41, 5.74) is 8.44. The normalized spacial score (nSPS) is 13.7. The van der Waals surface area contributed by atoms with Gasteiger partial charge in [0.1, 0.15) is 11.5 Å². The average molecular weight is 621 g/mol. The smallest absolute Gasteiger partial charge is 0.123 e. The molecule has 0 radical (unpaired) electrons. The first kappa shape index (κ1) is 35.3. The molecule has 246 valence electrons. The molecule has 0 aliphatic heterocycles. The van der Waals surface area contributed by atoms with Gasteiger partial charge in [0.15, 0.2) is 0 Å². The van der Waals surface area contributed by atoms with E-state index in [2.05, 4.69) is 164 Å². The molecular weight excluding hydrogens is 564 g/mol. The van der Waals surface area contributed by atoms with Crippen LogP contribution in [0.25, 0.3) is 0 Å². The molecule has 0 spiro atoms. The molecule has 4 nitrogen and oxygen atoms in total. The topological polar surface area (TPSA) is 46.9 Å². The SMILES string of the molecule is Cc1cc(CN(C)[C@H](Cc2ccccc2)[C@@H](Cc2ccccc2)N(C)Cc2cc(C)cc(C(C)(C)C)c2O)c(O)c(C(C)(C)C)c1. The van der Waals surface area contributed by atoms with Gasteiger partial charge in [0, 0.05) is 36.3 Å². The van der Waals surface area contributed by atoms with Crippen molar-refractivity contribution in [2.75, 3.05) is 14.1 Å². The van der Waals surface area contributed by atoms with Crippen LogP contribution in [0.1, 0.15) is 86.1 Å². The Kier molecular flexibility index (Phi) is 11.1. The van der Waals surface area contributed by atoms with Gasteiger partial charge in [-0.05, 0) is 73.9 Å². The Labute approximate surface area is 278 Å². The first-order valence-corrected chi connectivity index (χ1v) is 16.7. The molecule has 4 rings (SSSR count). The summed E-state index contributed by atoms with van der Waals surface area (Å²) in [7, 11) is 4.39. The molecular formula is C42H56N2O2. The molecule has 2 N–H and O–H groups in total. The number of likely N-dealkylation sites (N-methyl/N-ethyl adjacent to an activating group) is 2. The zero-order valence-corrected chi connectivity index (χ0v) is 29.9. The largest absolute Gasteiger partial charge is 0.507 e. The van der Waals surface area contributed by atoms with E-state index in [1.807, 2.05) is 0 Å². The van der Waals surface area contributed by atoms with Crippen molar-refractivity contribution in [3.8, 4) is 11.5 Å². The molecule has 0 aliphatic carbocycles. The van der Waals surface area contributed by atoms with E-state index in [0.717, 1.165) is 46.2 Å². The van der Waals surface area contributed by atoms with Gasteiger partial charge in [-0.2, -0.15) is 0 Å². The Morgan fingerprint density at radius 3 is 1.17 bits per heavy atom. The van der Waals surface area contributed by atoms with Crippen molar-refractivity contribution in [3.63, 3.8) is 0 Å². The lowest BCUT2D eigenvalue weighted by Crippen LogP contribution is -2.51. The second-order valence-electron chi connectivity index (χ2n) is 15.5. The molecule has 0 bridgehead atoms. The maximum absolute atomic E-state index is 11.5. The molecule has 0 heterocycles. The quantitative estimate of drug-likeness (QED) is 0.176. The summed E-state index contributed by atoms with van der Waals surface area (Å²) < 4.78 is 0. The van der Waals surface area contributed by atoms with E-state index < -0.39 is 0 Å². The Hall–Kier alpha value is -3.60. The highest BCUT2D eigenvalue weighted by atomic mass is 16.3. The van der Waals surface area contributed by atoms with Crippen LogP contribution in [0, 0.1) is 13.8 Å². The molecule has 46 heavy (non-hydrogen) atoms. The maximum Gasteiger partial charge on any atom is 0.123 e. The van der Waals surface area contributed by atoms with Crippen molar-refractivity contribution in [2.24, 2.45) is 0 Å². The van der Waals surface area contributed by atoms with Crippen LogP contribution >= 0.6 is 0 Å². The Morgan fingerprint density at radius 2 is 0.870 bits per heavy atom. The van der Waals surface area contributed by atoms with Crippen LogP contribution < -0.4 is 0 Å². The maximum atomic E-state index is 11.5. The molecule has 0 aromatic heterocycles. The highest BCUT2D eigenvalue weighted by Crippen LogP contribution is 2.37. The van der Waals surface area contributed by atoms with Gasteiger partial charge < -0.3 is 10.2 Å². The summed E-state index contributed by atoms with van der Waals surface area (Å²) in [4.78, 5) is 4.85. The summed E-state index contributed by atoms with van der Waals surface area (Å²) in [6, 6.07) is 30.2. The van der Waals surface area contributed by atoms with E-state index in [1.54, 1.807) is 0 Å². The zero-order chi connectivity index (χ0) is 33.8. The summed E-state index contributed by atoms with van der Waals surface area (Å²) in [6.07, 6.45) is 1.70. The monoisotopic (exact) mass is 620 g/mol. The number of aryl methyl sites for hydroxylation is 2. The minimum atomic E-state index is -0.162. The van der Waals surface area contributed by atoms with Crippen LogP contribution in [0.2, 0.25) is 0 Å². The molecule has 0 aliphatic rings. The number of aromatic hydroxyl groups is 2. The van der Waals surface area contributed by atoms with Gasteiger partial charge in [0.25, 0.3) is 0 Å². The fourth-order valence-electron chi connectivity index (χ4n) is 6.75. The predicted octanol–water partition coefficient (Wildman–Crippen LogP) is 9.10. The van der Waals surface area contributed by atoms with Crippen molar-refractivity contribution in [1.29, 1.82) is 0 Å². The van der Waals surface area contributed by atoms with Gasteiger partial charge >= 0.3 is 0 Å². The minimum Gasteiger partial charge on any atom is -0.507 e. The molecule has 0 fully saturated rings. The van der Waals surface area contributed by atoms with Crippen LogP contribution in [0.3, 0.4) is 0 Å². The first-order valence-electron chi connectivity index (χ1n) is 16.7. The third kappa shape index (κ3) is 8.80. The Morgan fingerprint density at radius 1 is 0.543 bits per heavy atom. The van der Waals surface area contributed by atoms with E-state index in [9.17, 15) is 10.2 Å². The Bertz CT molecular complexity index is 1460. The van der Waals surface area contributed by atoms with Gasteiger partial charge in [0.2, 0.25) is 0 Å². The van der Waals surface area contributed by atoms with Crippen molar-refractivity contribution in [3.05, 3.63) is 129 Å². The second-order valence-corrected chi connectivity index (χ2v) is 15.5. The molecule has 0 saturated heterocycles. The van der Waals surface area contributed by atoms with Gasteiger partial charge in [-0.25, -0.2) is 0 Å². The van der Waals surface area contributed by atoms with E-state index in [1.165, 1.54) is 11.1 Å². The van der Waals surface area contributed by atoms with Gasteiger partial charge in [-0.1, -0.05) is 138 Å². The van der Waals surface area contributed by atoms with Gasteiger partial charge in [-0.3, -0.25) is 9.80 Å². The average Bonchev–Trinajstić information content (AvgIpc) is 2.98. The number of hydrogen-bond donors (Lipinski definition) is 2. The van der Waals surface area contributed by atoms with Crippen molar-refractivity contribution in [1.82, 2.24) is 9.80 Å². The van der Waals surface area contributed by atoms with Gasteiger partial charge in [0.05, 0.1) is 0 Å². The Balaban J connectivity index is 1.79. The number of hydrogen-bond acceptors (Lipinski definition) is 4. The third-order valence-corrected chi connectivity index (χ3v) is 9.27. The van der Waals surface area contributed by atoms with E-state index in [-0.39, 0.29) is 22.9 Å². The van der Waals surface area contributed by atoms with Crippen molar-refractivity contribution < 1.29 is 10.2 Å². The number of phenolic OH excluding ortho intramolecular Hbond substituents is 2. The lowest BCUT2D eigenvalue weighted by molar-refractivity contribution is 0.1000. The molecule has 2 atom stereocenters. The molecule has 0 saturated carbocycles. The van der Waals surface area contributed by atoms with Crippen molar-refractivity contribution in [2.45, 2.75) is 104 Å². The molecule has 4 heteroatoms. The summed E-state index contributed by atoms with van der Waals surface area (Å²) in [5, 5.41) is 23.1. The number of nitrogens with zero attached hydrogens (tertiary/aromatic N) is 2. The second kappa shape index (κ2) is 14.4. The lowest BCUT2D eigenvalue weighted by atomic mass is 9.83. The van der Waals surface area contributed by atoms with Crippen LogP contribution in [0.15, 0.2) is 84.9 Å². The summed E-state index contributed by atoms with van der Waals surface area (Å²) in [5.74, 6) is 0.798. The molecule has 0 amide bonds. The zero-order valence-electron chi connectivity index (χ0n) is 29.9. The van der Waals surface area contributed by atoms with Gasteiger partial charge in [-0.15, -0.1) is 0 Å². The van der Waals surface area contributed by atoms with Crippen LogP contribution in [0.5, 0.6) is 11.5 Å². The van der Waals surface area contributed by atoms with E-state index in [0.29, 0.717) is 24.6 Å². The highest BCUT2D eigenvalue weighted by Gasteiger charge is 2.32. The summed E-state index contributed by atoms with van der Waals surface area (Å²) >= 11 is 0.